The lowest BCUT2D eigenvalue weighted by molar-refractivity contribution is 0.0985. The summed E-state index contributed by atoms with van der Waals surface area (Å²) < 4.78 is 26.9. The monoisotopic (exact) mass is 497 g/mol. The lowest BCUT2D eigenvalue weighted by atomic mass is 10.1. The highest BCUT2D eigenvalue weighted by Gasteiger charge is 2.23. The van der Waals surface area contributed by atoms with Gasteiger partial charge in [-0.1, -0.05) is 41.7 Å². The van der Waals surface area contributed by atoms with Gasteiger partial charge in [-0.05, 0) is 54.3 Å². The topological polar surface area (TPSA) is 70.6 Å². The van der Waals surface area contributed by atoms with Gasteiger partial charge < -0.3 is 0 Å². The Morgan fingerprint density at radius 3 is 2.33 bits per heavy atom. The van der Waals surface area contributed by atoms with Crippen LogP contribution >= 0.6 is 23.1 Å². The SMILES string of the molecule is CSc1ccc2nc(N(Cc3ccccc3)C(=O)c3ccc(S(=O)(=O)N(C)C)cc3)sc2c1. The van der Waals surface area contributed by atoms with Crippen LogP contribution in [0.5, 0.6) is 0 Å². The molecule has 0 saturated carbocycles. The Labute approximate surface area is 201 Å². The van der Waals surface area contributed by atoms with Crippen LogP contribution in [0, 0.1) is 0 Å². The molecule has 0 N–H and O–H groups in total. The molecule has 4 rings (SSSR count). The summed E-state index contributed by atoms with van der Waals surface area (Å²) in [7, 11) is -0.613. The Morgan fingerprint density at radius 1 is 1.00 bits per heavy atom. The van der Waals surface area contributed by atoms with Crippen LogP contribution in [0.2, 0.25) is 0 Å². The number of anilines is 1. The molecule has 33 heavy (non-hydrogen) atoms. The van der Waals surface area contributed by atoms with Crippen LogP contribution in [0.4, 0.5) is 5.13 Å². The molecular weight excluding hydrogens is 474 g/mol. The molecule has 0 saturated heterocycles. The highest BCUT2D eigenvalue weighted by molar-refractivity contribution is 7.98. The number of nitrogens with zero attached hydrogens (tertiary/aromatic N) is 3. The molecule has 4 aromatic rings. The molecule has 0 fully saturated rings. The number of carbonyl (C=O) groups excluding carboxylic acids is 1. The van der Waals surface area contributed by atoms with Crippen LogP contribution < -0.4 is 4.90 Å². The predicted molar refractivity (Wildman–Crippen MR) is 136 cm³/mol. The van der Waals surface area contributed by atoms with Gasteiger partial charge in [0, 0.05) is 24.6 Å². The summed E-state index contributed by atoms with van der Waals surface area (Å²) in [6.45, 7) is 0.354. The summed E-state index contributed by atoms with van der Waals surface area (Å²) in [5.74, 6) is -0.239. The second kappa shape index (κ2) is 9.64. The highest BCUT2D eigenvalue weighted by atomic mass is 32.2. The average Bonchev–Trinajstić information content (AvgIpc) is 3.25. The molecule has 170 valence electrons. The number of aromatic nitrogens is 1. The summed E-state index contributed by atoms with van der Waals surface area (Å²) in [5, 5.41) is 0.599. The first-order chi connectivity index (χ1) is 15.8. The average molecular weight is 498 g/mol. The zero-order valence-corrected chi connectivity index (χ0v) is 20.9. The maximum atomic E-state index is 13.6. The van der Waals surface area contributed by atoms with Crippen molar-refractivity contribution in [3.05, 3.63) is 83.9 Å². The highest BCUT2D eigenvalue weighted by Crippen LogP contribution is 2.33. The van der Waals surface area contributed by atoms with E-state index in [2.05, 4.69) is 6.07 Å². The molecule has 0 aliphatic carbocycles. The molecular formula is C24H23N3O3S3. The van der Waals surface area contributed by atoms with Crippen molar-refractivity contribution in [2.75, 3.05) is 25.3 Å². The number of benzene rings is 3. The predicted octanol–water partition coefficient (Wildman–Crippen LogP) is 5.12. The molecule has 0 atom stereocenters. The summed E-state index contributed by atoms with van der Waals surface area (Å²) in [4.78, 5) is 21.2. The number of carbonyl (C=O) groups is 1. The van der Waals surface area contributed by atoms with Crippen molar-refractivity contribution in [1.82, 2.24) is 9.29 Å². The smallest absolute Gasteiger partial charge is 0.260 e. The molecule has 0 radical (unpaired) electrons. The second-order valence-electron chi connectivity index (χ2n) is 7.52. The van der Waals surface area contributed by atoms with Crippen LogP contribution in [-0.2, 0) is 16.6 Å². The van der Waals surface area contributed by atoms with Crippen LogP contribution in [-0.4, -0.2) is 44.0 Å². The first-order valence-corrected chi connectivity index (χ1v) is 13.6. The number of sulfonamides is 1. The van der Waals surface area contributed by atoms with Gasteiger partial charge in [0.15, 0.2) is 5.13 Å². The van der Waals surface area contributed by atoms with Crippen LogP contribution in [0.3, 0.4) is 0 Å². The van der Waals surface area contributed by atoms with Crippen LogP contribution in [0.15, 0.2) is 82.6 Å². The minimum Gasteiger partial charge on any atom is -0.279 e. The summed E-state index contributed by atoms with van der Waals surface area (Å²) in [5.41, 5.74) is 2.21. The van der Waals surface area contributed by atoms with E-state index >= 15 is 0 Å². The van der Waals surface area contributed by atoms with Gasteiger partial charge in [0.25, 0.3) is 5.91 Å². The quantitative estimate of drug-likeness (QED) is 0.332. The Bertz CT molecular complexity index is 1380. The van der Waals surface area contributed by atoms with Crippen molar-refractivity contribution >= 4 is 54.4 Å². The lowest BCUT2D eigenvalue weighted by Gasteiger charge is -2.20. The third-order valence-electron chi connectivity index (χ3n) is 5.12. The Morgan fingerprint density at radius 2 is 1.70 bits per heavy atom. The Hall–Kier alpha value is -2.72. The standard InChI is InChI=1S/C24H23N3O3S3/c1-26(2)33(29,30)20-12-9-18(10-13-20)23(28)27(16-17-7-5-4-6-8-17)24-25-21-14-11-19(31-3)15-22(21)32-24/h4-15H,16H2,1-3H3. The van der Waals surface area contributed by atoms with E-state index in [1.165, 1.54) is 37.6 Å². The molecule has 6 nitrogen and oxygen atoms in total. The zero-order chi connectivity index (χ0) is 23.6. The summed E-state index contributed by atoms with van der Waals surface area (Å²) in [6, 6.07) is 21.8. The summed E-state index contributed by atoms with van der Waals surface area (Å²) >= 11 is 3.12. The van der Waals surface area contributed by atoms with Gasteiger partial charge in [-0.25, -0.2) is 17.7 Å². The van der Waals surface area contributed by atoms with Crippen molar-refractivity contribution in [3.63, 3.8) is 0 Å². The molecule has 0 spiro atoms. The van der Waals surface area contributed by atoms with Gasteiger partial charge >= 0.3 is 0 Å². The number of rotatable bonds is 7. The van der Waals surface area contributed by atoms with Gasteiger partial charge in [0.05, 0.1) is 21.7 Å². The molecule has 0 bridgehead atoms. The van der Waals surface area contributed by atoms with E-state index in [9.17, 15) is 13.2 Å². The van der Waals surface area contributed by atoms with E-state index in [0.717, 1.165) is 25.0 Å². The van der Waals surface area contributed by atoms with E-state index in [1.54, 1.807) is 28.8 Å². The molecule has 3 aromatic carbocycles. The van der Waals surface area contributed by atoms with E-state index in [1.807, 2.05) is 48.7 Å². The van der Waals surface area contributed by atoms with Gasteiger partial charge in [0.2, 0.25) is 10.0 Å². The molecule has 0 aliphatic heterocycles. The lowest BCUT2D eigenvalue weighted by Crippen LogP contribution is -2.30. The number of amides is 1. The number of thiazole rings is 1. The largest absolute Gasteiger partial charge is 0.279 e. The van der Waals surface area contributed by atoms with E-state index in [4.69, 9.17) is 4.98 Å². The van der Waals surface area contributed by atoms with E-state index in [-0.39, 0.29) is 10.8 Å². The minimum absolute atomic E-state index is 0.142. The third kappa shape index (κ3) is 4.96. The molecule has 1 amide bonds. The molecule has 9 heteroatoms. The van der Waals surface area contributed by atoms with Crippen molar-refractivity contribution in [2.45, 2.75) is 16.3 Å². The van der Waals surface area contributed by atoms with Gasteiger partial charge in [0.1, 0.15) is 0 Å². The maximum Gasteiger partial charge on any atom is 0.260 e. The van der Waals surface area contributed by atoms with Gasteiger partial charge in [-0.3, -0.25) is 9.69 Å². The first kappa shape index (κ1) is 23.4. The van der Waals surface area contributed by atoms with Gasteiger partial charge in [-0.15, -0.1) is 11.8 Å². The molecule has 1 aromatic heterocycles. The molecule has 0 unspecified atom stereocenters. The Balaban J connectivity index is 1.72. The number of fused-ring (bicyclic) bond motifs is 1. The normalized spacial score (nSPS) is 11.8. The maximum absolute atomic E-state index is 13.6. The van der Waals surface area contributed by atoms with E-state index < -0.39 is 10.0 Å². The van der Waals surface area contributed by atoms with Crippen molar-refractivity contribution in [1.29, 1.82) is 0 Å². The third-order valence-corrected chi connectivity index (χ3v) is 8.72. The number of hydrogen-bond donors (Lipinski definition) is 0. The minimum atomic E-state index is -3.57. The fraction of sp³-hybridized carbons (Fsp3) is 0.167. The molecule has 1 heterocycles. The molecule has 0 aliphatic rings. The van der Waals surface area contributed by atoms with E-state index in [0.29, 0.717) is 17.2 Å². The zero-order valence-electron chi connectivity index (χ0n) is 18.4. The first-order valence-electron chi connectivity index (χ1n) is 10.1. The van der Waals surface area contributed by atoms with Crippen molar-refractivity contribution in [3.8, 4) is 0 Å². The van der Waals surface area contributed by atoms with Crippen molar-refractivity contribution < 1.29 is 13.2 Å². The summed E-state index contributed by atoms with van der Waals surface area (Å²) in [6.07, 6.45) is 2.02. The second-order valence-corrected chi connectivity index (χ2v) is 11.6. The Kier molecular flexibility index (Phi) is 6.85. The van der Waals surface area contributed by atoms with Gasteiger partial charge in [-0.2, -0.15) is 0 Å². The van der Waals surface area contributed by atoms with Crippen LogP contribution in [0.25, 0.3) is 10.2 Å². The number of thioether (sulfide) groups is 1. The van der Waals surface area contributed by atoms with Crippen molar-refractivity contribution in [2.24, 2.45) is 0 Å². The number of hydrogen-bond acceptors (Lipinski definition) is 6. The van der Waals surface area contributed by atoms with Crippen LogP contribution in [0.1, 0.15) is 15.9 Å². The fourth-order valence-corrected chi connectivity index (χ4v) is 5.68. The fourth-order valence-electron chi connectivity index (χ4n) is 3.26.